The van der Waals surface area contributed by atoms with Gasteiger partial charge in [0.25, 0.3) is 5.91 Å². The number of anilines is 1. The summed E-state index contributed by atoms with van der Waals surface area (Å²) in [5.41, 5.74) is 3.80. The maximum atomic E-state index is 12.2. The number of rotatable bonds is 3. The predicted molar refractivity (Wildman–Crippen MR) is 92.3 cm³/mol. The summed E-state index contributed by atoms with van der Waals surface area (Å²) in [6.07, 6.45) is 1.57. The summed E-state index contributed by atoms with van der Waals surface area (Å²) in [6.45, 7) is 3.99. The van der Waals surface area contributed by atoms with Crippen molar-refractivity contribution < 1.29 is 4.79 Å². The lowest BCUT2D eigenvalue weighted by Crippen LogP contribution is -2.13. The minimum atomic E-state index is -0.409. The van der Waals surface area contributed by atoms with Crippen LogP contribution in [0.25, 0.3) is 6.08 Å². The van der Waals surface area contributed by atoms with E-state index in [0.29, 0.717) is 5.69 Å². The Morgan fingerprint density at radius 2 is 1.82 bits per heavy atom. The van der Waals surface area contributed by atoms with Crippen LogP contribution in [0.2, 0.25) is 0 Å². The fraction of sp³-hybridized carbons (Fsp3) is 0.111. The average Bonchev–Trinajstić information content (AvgIpc) is 2.50. The number of hydrogen-bond donors (Lipinski definition) is 1. The standard InChI is InChI=1S/C18H15BrN2O/c1-12-3-8-17(9-13(12)2)21-18(22)15(11-20)10-14-4-6-16(19)7-5-14/h3-10H,1-2H3,(H,21,22). The van der Waals surface area contributed by atoms with Crippen molar-refractivity contribution in [2.45, 2.75) is 13.8 Å². The molecular formula is C18H15BrN2O. The van der Waals surface area contributed by atoms with Gasteiger partial charge in [0, 0.05) is 10.2 Å². The van der Waals surface area contributed by atoms with Gasteiger partial charge in [0.2, 0.25) is 0 Å². The van der Waals surface area contributed by atoms with E-state index in [0.717, 1.165) is 21.2 Å². The van der Waals surface area contributed by atoms with Crippen LogP contribution in [0.5, 0.6) is 0 Å². The highest BCUT2D eigenvalue weighted by Crippen LogP contribution is 2.16. The second-order valence-corrected chi connectivity index (χ2v) is 5.89. The molecule has 0 aliphatic rings. The van der Waals surface area contributed by atoms with Gasteiger partial charge >= 0.3 is 0 Å². The van der Waals surface area contributed by atoms with E-state index in [-0.39, 0.29) is 5.57 Å². The molecule has 1 N–H and O–H groups in total. The molecule has 2 rings (SSSR count). The van der Waals surface area contributed by atoms with Crippen molar-refractivity contribution in [2.24, 2.45) is 0 Å². The van der Waals surface area contributed by atoms with E-state index in [1.807, 2.05) is 62.4 Å². The Morgan fingerprint density at radius 1 is 1.14 bits per heavy atom. The van der Waals surface area contributed by atoms with Crippen LogP contribution >= 0.6 is 15.9 Å². The summed E-state index contributed by atoms with van der Waals surface area (Å²) in [4.78, 5) is 12.2. The molecule has 0 heterocycles. The topological polar surface area (TPSA) is 52.9 Å². The van der Waals surface area contributed by atoms with Gasteiger partial charge in [0.05, 0.1) is 0 Å². The molecule has 22 heavy (non-hydrogen) atoms. The molecule has 0 bridgehead atoms. The highest BCUT2D eigenvalue weighted by atomic mass is 79.9. The third-order valence-electron chi connectivity index (χ3n) is 3.31. The number of carbonyl (C=O) groups is 1. The maximum Gasteiger partial charge on any atom is 0.266 e. The van der Waals surface area contributed by atoms with Crippen LogP contribution in [-0.2, 0) is 4.79 Å². The Labute approximate surface area is 138 Å². The molecule has 0 atom stereocenters. The quantitative estimate of drug-likeness (QED) is 0.646. The number of aryl methyl sites for hydroxylation is 2. The molecule has 3 nitrogen and oxygen atoms in total. The highest BCUT2D eigenvalue weighted by Gasteiger charge is 2.10. The third kappa shape index (κ3) is 4.06. The van der Waals surface area contributed by atoms with E-state index in [2.05, 4.69) is 21.2 Å². The fourth-order valence-corrected chi connectivity index (χ4v) is 2.16. The summed E-state index contributed by atoms with van der Waals surface area (Å²) in [5, 5.41) is 12.0. The number of halogens is 1. The summed E-state index contributed by atoms with van der Waals surface area (Å²) < 4.78 is 0.947. The van der Waals surface area contributed by atoms with Gasteiger partial charge in [-0.3, -0.25) is 4.79 Å². The molecule has 110 valence electrons. The van der Waals surface area contributed by atoms with E-state index in [4.69, 9.17) is 0 Å². The first-order valence-corrected chi connectivity index (χ1v) is 7.55. The van der Waals surface area contributed by atoms with Gasteiger partial charge in [-0.1, -0.05) is 34.1 Å². The molecule has 0 spiro atoms. The van der Waals surface area contributed by atoms with E-state index in [9.17, 15) is 10.1 Å². The van der Waals surface area contributed by atoms with E-state index < -0.39 is 5.91 Å². The van der Waals surface area contributed by atoms with Crippen LogP contribution in [-0.4, -0.2) is 5.91 Å². The van der Waals surface area contributed by atoms with Crippen LogP contribution in [0, 0.1) is 25.2 Å². The van der Waals surface area contributed by atoms with Crippen molar-refractivity contribution in [3.05, 3.63) is 69.2 Å². The molecule has 1 amide bonds. The second-order valence-electron chi connectivity index (χ2n) is 4.97. The lowest BCUT2D eigenvalue weighted by molar-refractivity contribution is -0.112. The van der Waals surface area contributed by atoms with Gasteiger partial charge in [-0.25, -0.2) is 0 Å². The Bertz CT molecular complexity index is 771. The van der Waals surface area contributed by atoms with Gasteiger partial charge in [-0.2, -0.15) is 5.26 Å². The number of nitriles is 1. The molecule has 0 saturated heterocycles. The van der Waals surface area contributed by atoms with Crippen molar-refractivity contribution in [3.8, 4) is 6.07 Å². The molecule has 2 aromatic carbocycles. The van der Waals surface area contributed by atoms with Crippen LogP contribution in [0.4, 0.5) is 5.69 Å². The average molecular weight is 355 g/mol. The van der Waals surface area contributed by atoms with E-state index >= 15 is 0 Å². The van der Waals surface area contributed by atoms with Crippen LogP contribution in [0.15, 0.2) is 52.5 Å². The van der Waals surface area contributed by atoms with Gasteiger partial charge in [0.1, 0.15) is 11.6 Å². The van der Waals surface area contributed by atoms with Gasteiger partial charge in [-0.05, 0) is 60.9 Å². The molecule has 0 aliphatic carbocycles. The Kier molecular flexibility index (Phi) is 5.13. The zero-order valence-electron chi connectivity index (χ0n) is 12.4. The Hall–Kier alpha value is -2.38. The summed E-state index contributed by atoms with van der Waals surface area (Å²) in [6, 6.07) is 15.0. The van der Waals surface area contributed by atoms with Crippen molar-refractivity contribution >= 4 is 33.6 Å². The van der Waals surface area contributed by atoms with Crippen molar-refractivity contribution in [1.82, 2.24) is 0 Å². The maximum absolute atomic E-state index is 12.2. The molecule has 2 aromatic rings. The Balaban J connectivity index is 2.20. The largest absolute Gasteiger partial charge is 0.321 e. The number of nitrogens with one attached hydrogen (secondary N) is 1. The highest BCUT2D eigenvalue weighted by molar-refractivity contribution is 9.10. The number of nitrogens with zero attached hydrogens (tertiary/aromatic N) is 1. The van der Waals surface area contributed by atoms with Crippen LogP contribution < -0.4 is 5.32 Å². The molecule has 0 saturated carbocycles. The van der Waals surface area contributed by atoms with Gasteiger partial charge in [-0.15, -0.1) is 0 Å². The summed E-state index contributed by atoms with van der Waals surface area (Å²) >= 11 is 3.35. The number of benzene rings is 2. The van der Waals surface area contributed by atoms with Gasteiger partial charge < -0.3 is 5.32 Å². The molecule has 0 aromatic heterocycles. The molecule has 0 fully saturated rings. The fourth-order valence-electron chi connectivity index (χ4n) is 1.89. The Morgan fingerprint density at radius 3 is 2.41 bits per heavy atom. The van der Waals surface area contributed by atoms with Crippen LogP contribution in [0.1, 0.15) is 16.7 Å². The zero-order chi connectivity index (χ0) is 16.1. The van der Waals surface area contributed by atoms with Crippen molar-refractivity contribution in [2.75, 3.05) is 5.32 Å². The predicted octanol–water partition coefficient (Wildman–Crippen LogP) is 4.61. The second kappa shape index (κ2) is 7.06. The lowest BCUT2D eigenvalue weighted by atomic mass is 10.1. The number of carbonyl (C=O) groups excluding carboxylic acids is 1. The molecule has 0 radical (unpaired) electrons. The van der Waals surface area contributed by atoms with Gasteiger partial charge in [0.15, 0.2) is 0 Å². The first-order chi connectivity index (χ1) is 10.5. The SMILES string of the molecule is Cc1ccc(NC(=O)C(C#N)=Cc2ccc(Br)cc2)cc1C. The normalized spacial score (nSPS) is 10.9. The van der Waals surface area contributed by atoms with E-state index in [1.165, 1.54) is 0 Å². The molecule has 0 unspecified atom stereocenters. The first-order valence-electron chi connectivity index (χ1n) is 6.75. The number of amides is 1. The smallest absolute Gasteiger partial charge is 0.266 e. The number of hydrogen-bond acceptors (Lipinski definition) is 2. The van der Waals surface area contributed by atoms with E-state index in [1.54, 1.807) is 6.08 Å². The third-order valence-corrected chi connectivity index (χ3v) is 3.84. The summed E-state index contributed by atoms with van der Waals surface area (Å²) in [7, 11) is 0. The summed E-state index contributed by atoms with van der Waals surface area (Å²) in [5.74, 6) is -0.409. The lowest BCUT2D eigenvalue weighted by Gasteiger charge is -2.07. The monoisotopic (exact) mass is 354 g/mol. The molecule has 0 aliphatic heterocycles. The minimum absolute atomic E-state index is 0.0700. The van der Waals surface area contributed by atoms with Crippen LogP contribution in [0.3, 0.4) is 0 Å². The van der Waals surface area contributed by atoms with Crippen molar-refractivity contribution in [3.63, 3.8) is 0 Å². The molecular weight excluding hydrogens is 340 g/mol. The molecule has 4 heteroatoms. The first kappa shape index (κ1) is 16.0. The minimum Gasteiger partial charge on any atom is -0.321 e. The zero-order valence-corrected chi connectivity index (χ0v) is 13.9. The van der Waals surface area contributed by atoms with Crippen molar-refractivity contribution in [1.29, 1.82) is 5.26 Å².